The zero-order chi connectivity index (χ0) is 19.0. The number of amides is 1. The highest BCUT2D eigenvalue weighted by molar-refractivity contribution is 5.78. The summed E-state index contributed by atoms with van der Waals surface area (Å²) in [5.41, 5.74) is 0.175. The van der Waals surface area contributed by atoms with Crippen molar-refractivity contribution in [2.75, 3.05) is 26.7 Å². The molecule has 1 aromatic carbocycles. The van der Waals surface area contributed by atoms with Crippen molar-refractivity contribution < 1.29 is 14.6 Å². The van der Waals surface area contributed by atoms with Crippen LogP contribution in [0.25, 0.3) is 0 Å². The summed E-state index contributed by atoms with van der Waals surface area (Å²) in [6.07, 6.45) is 5.81. The lowest BCUT2D eigenvalue weighted by Gasteiger charge is -2.44. The standard InChI is InChI=1S/C22H32N2O3/c1-16-9-11-23(12-10-16)21(25)15-24-18-5-6-19(24)14-22(26,13-18)17-3-7-20(27-2)8-4-17/h3-4,7-8,16,18-19,26H,5-6,9-15H2,1-2H3. The van der Waals surface area contributed by atoms with E-state index in [1.54, 1.807) is 7.11 Å². The molecule has 5 nitrogen and oxygen atoms in total. The van der Waals surface area contributed by atoms with Gasteiger partial charge in [-0.25, -0.2) is 0 Å². The minimum atomic E-state index is -0.793. The first kappa shape index (κ1) is 18.8. The van der Waals surface area contributed by atoms with Crippen LogP contribution in [-0.4, -0.2) is 59.6 Å². The molecule has 1 N–H and O–H groups in total. The first-order valence-electron chi connectivity index (χ1n) is 10.4. The van der Waals surface area contributed by atoms with Gasteiger partial charge in [0, 0.05) is 25.2 Å². The van der Waals surface area contributed by atoms with E-state index >= 15 is 0 Å². The monoisotopic (exact) mass is 372 g/mol. The van der Waals surface area contributed by atoms with Crippen LogP contribution >= 0.6 is 0 Å². The maximum Gasteiger partial charge on any atom is 0.236 e. The molecular weight excluding hydrogens is 340 g/mol. The summed E-state index contributed by atoms with van der Waals surface area (Å²) in [6.45, 7) is 4.59. The Kier molecular flexibility index (Phi) is 5.17. The van der Waals surface area contributed by atoms with E-state index in [4.69, 9.17) is 4.74 Å². The molecule has 0 radical (unpaired) electrons. The Hall–Kier alpha value is -1.59. The second-order valence-corrected chi connectivity index (χ2v) is 8.79. The molecule has 3 aliphatic heterocycles. The number of hydrogen-bond donors (Lipinski definition) is 1. The molecule has 27 heavy (non-hydrogen) atoms. The van der Waals surface area contributed by atoms with Crippen molar-refractivity contribution in [3.05, 3.63) is 29.8 Å². The summed E-state index contributed by atoms with van der Waals surface area (Å²) >= 11 is 0. The van der Waals surface area contributed by atoms with Gasteiger partial charge in [-0.15, -0.1) is 0 Å². The van der Waals surface area contributed by atoms with Crippen LogP contribution in [0.1, 0.15) is 51.0 Å². The van der Waals surface area contributed by atoms with E-state index in [1.807, 2.05) is 29.2 Å². The van der Waals surface area contributed by atoms with Crippen molar-refractivity contribution in [3.63, 3.8) is 0 Å². The molecule has 0 spiro atoms. The van der Waals surface area contributed by atoms with Crippen molar-refractivity contribution >= 4 is 5.91 Å². The topological polar surface area (TPSA) is 53.0 Å². The van der Waals surface area contributed by atoms with Gasteiger partial charge in [0.25, 0.3) is 0 Å². The molecule has 3 heterocycles. The maximum atomic E-state index is 12.8. The Bertz CT molecular complexity index is 653. The van der Waals surface area contributed by atoms with Gasteiger partial charge < -0.3 is 14.7 Å². The van der Waals surface area contributed by atoms with E-state index in [9.17, 15) is 9.90 Å². The second kappa shape index (κ2) is 7.44. The van der Waals surface area contributed by atoms with Crippen LogP contribution in [0.3, 0.4) is 0 Å². The largest absolute Gasteiger partial charge is 0.497 e. The Morgan fingerprint density at radius 3 is 2.26 bits per heavy atom. The molecule has 5 heteroatoms. The number of likely N-dealkylation sites (tertiary alicyclic amines) is 1. The van der Waals surface area contributed by atoms with Crippen molar-refractivity contribution in [1.29, 1.82) is 0 Å². The highest BCUT2D eigenvalue weighted by Crippen LogP contribution is 2.45. The molecule has 2 atom stereocenters. The van der Waals surface area contributed by atoms with E-state index in [0.29, 0.717) is 31.5 Å². The molecule has 2 bridgehead atoms. The van der Waals surface area contributed by atoms with Gasteiger partial charge in [0.1, 0.15) is 5.75 Å². The van der Waals surface area contributed by atoms with Crippen molar-refractivity contribution in [1.82, 2.24) is 9.80 Å². The summed E-state index contributed by atoms with van der Waals surface area (Å²) in [4.78, 5) is 17.2. The number of carbonyl (C=O) groups is 1. The van der Waals surface area contributed by atoms with Crippen LogP contribution in [0.2, 0.25) is 0 Å². The summed E-state index contributed by atoms with van der Waals surface area (Å²) in [7, 11) is 1.66. The van der Waals surface area contributed by atoms with Gasteiger partial charge in [-0.2, -0.15) is 0 Å². The summed E-state index contributed by atoms with van der Waals surface area (Å²) in [5, 5.41) is 11.4. The van der Waals surface area contributed by atoms with E-state index in [-0.39, 0.29) is 5.91 Å². The number of fused-ring (bicyclic) bond motifs is 2. The number of aliphatic hydroxyl groups is 1. The van der Waals surface area contributed by atoms with Crippen LogP contribution in [0.4, 0.5) is 0 Å². The minimum Gasteiger partial charge on any atom is -0.497 e. The van der Waals surface area contributed by atoms with Crippen LogP contribution in [0.15, 0.2) is 24.3 Å². The number of carbonyl (C=O) groups excluding carboxylic acids is 1. The number of piperidine rings is 2. The first-order valence-corrected chi connectivity index (χ1v) is 10.4. The van der Waals surface area contributed by atoms with Gasteiger partial charge >= 0.3 is 0 Å². The average Bonchev–Trinajstić information content (AvgIpc) is 2.92. The quantitative estimate of drug-likeness (QED) is 0.883. The molecule has 0 aromatic heterocycles. The lowest BCUT2D eigenvalue weighted by molar-refractivity contribution is -0.137. The Morgan fingerprint density at radius 2 is 1.70 bits per heavy atom. The maximum absolute atomic E-state index is 12.8. The smallest absolute Gasteiger partial charge is 0.236 e. The fourth-order valence-electron chi connectivity index (χ4n) is 5.23. The van der Waals surface area contributed by atoms with Crippen molar-refractivity contribution in [2.45, 2.75) is 63.1 Å². The average molecular weight is 373 g/mol. The number of ether oxygens (including phenoxy) is 1. The summed E-state index contributed by atoms with van der Waals surface area (Å²) in [5.74, 6) is 1.82. The molecule has 3 saturated heterocycles. The van der Waals surface area contributed by atoms with Gasteiger partial charge in [-0.1, -0.05) is 19.1 Å². The Labute approximate surface area is 162 Å². The molecule has 3 aliphatic rings. The van der Waals surface area contributed by atoms with Gasteiger partial charge in [0.15, 0.2) is 0 Å². The molecule has 148 valence electrons. The first-order chi connectivity index (χ1) is 13.0. The van der Waals surface area contributed by atoms with E-state index < -0.39 is 5.60 Å². The highest BCUT2D eigenvalue weighted by atomic mass is 16.5. The predicted octanol–water partition coefficient (Wildman–Crippen LogP) is 2.77. The molecule has 2 unspecified atom stereocenters. The summed E-state index contributed by atoms with van der Waals surface area (Å²) in [6, 6.07) is 8.39. The van der Waals surface area contributed by atoms with Crippen molar-refractivity contribution in [3.8, 4) is 5.75 Å². The molecule has 1 aromatic rings. The number of rotatable bonds is 4. The third kappa shape index (κ3) is 3.72. The van der Waals surface area contributed by atoms with Gasteiger partial charge in [0.05, 0.1) is 19.3 Å². The third-order valence-electron chi connectivity index (χ3n) is 7.00. The fraction of sp³-hybridized carbons (Fsp3) is 0.682. The lowest BCUT2D eigenvalue weighted by atomic mass is 9.80. The Morgan fingerprint density at radius 1 is 1.11 bits per heavy atom. The lowest BCUT2D eigenvalue weighted by Crippen LogP contribution is -2.53. The molecule has 3 fully saturated rings. The van der Waals surface area contributed by atoms with Gasteiger partial charge in [-0.05, 0) is 62.1 Å². The Balaban J connectivity index is 1.41. The zero-order valence-corrected chi connectivity index (χ0v) is 16.6. The normalized spacial score (nSPS) is 31.9. The minimum absolute atomic E-state index is 0.272. The van der Waals surface area contributed by atoms with Crippen molar-refractivity contribution in [2.24, 2.45) is 5.92 Å². The predicted molar refractivity (Wildman–Crippen MR) is 105 cm³/mol. The molecular formula is C22H32N2O3. The van der Waals surface area contributed by atoms with Crippen LogP contribution < -0.4 is 4.74 Å². The summed E-state index contributed by atoms with van der Waals surface area (Å²) < 4.78 is 5.24. The number of nitrogens with zero attached hydrogens (tertiary/aromatic N) is 2. The van der Waals surface area contributed by atoms with Gasteiger partial charge in [-0.3, -0.25) is 9.69 Å². The zero-order valence-electron chi connectivity index (χ0n) is 16.6. The highest BCUT2D eigenvalue weighted by Gasteiger charge is 2.48. The van der Waals surface area contributed by atoms with E-state index in [1.165, 1.54) is 0 Å². The number of methoxy groups -OCH3 is 1. The van der Waals surface area contributed by atoms with Crippen LogP contribution in [-0.2, 0) is 10.4 Å². The second-order valence-electron chi connectivity index (χ2n) is 8.79. The van der Waals surface area contributed by atoms with Crippen LogP contribution in [0.5, 0.6) is 5.75 Å². The molecule has 0 saturated carbocycles. The number of hydrogen-bond acceptors (Lipinski definition) is 4. The SMILES string of the molecule is COc1ccc(C2(O)CC3CCC(C2)N3CC(=O)N2CCC(C)CC2)cc1. The molecule has 1 amide bonds. The van der Waals surface area contributed by atoms with Crippen LogP contribution in [0, 0.1) is 5.92 Å². The number of benzene rings is 1. The fourth-order valence-corrected chi connectivity index (χ4v) is 5.23. The van der Waals surface area contributed by atoms with E-state index in [2.05, 4.69) is 11.8 Å². The van der Waals surface area contributed by atoms with E-state index in [0.717, 1.165) is 56.0 Å². The molecule has 0 aliphatic carbocycles. The third-order valence-corrected chi connectivity index (χ3v) is 7.00. The van der Waals surface area contributed by atoms with Gasteiger partial charge in [0.2, 0.25) is 5.91 Å². The molecule has 4 rings (SSSR count).